The van der Waals surface area contributed by atoms with Gasteiger partial charge in [-0.1, -0.05) is 40.9 Å². The van der Waals surface area contributed by atoms with Crippen molar-refractivity contribution >= 4 is 63.7 Å². The Morgan fingerprint density at radius 2 is 1.61 bits per heavy atom. The van der Waals surface area contributed by atoms with Crippen LogP contribution in [0, 0.1) is 0 Å². The molecule has 0 unspecified atom stereocenters. The molecule has 0 aliphatic rings. The second kappa shape index (κ2) is 9.01. The second-order valence-electron chi connectivity index (χ2n) is 5.66. The van der Waals surface area contributed by atoms with Crippen molar-refractivity contribution in [2.24, 2.45) is 0 Å². The summed E-state index contributed by atoms with van der Waals surface area (Å²) in [6.45, 7) is -0.0217. The number of hydrogen-bond acceptors (Lipinski definition) is 4. The minimum Gasteiger partial charge on any atom is -0.459 e. The molecule has 144 valence electrons. The lowest BCUT2D eigenvalue weighted by atomic mass is 10.2. The predicted molar refractivity (Wildman–Crippen MR) is 112 cm³/mol. The Labute approximate surface area is 175 Å². The van der Waals surface area contributed by atoms with Crippen LogP contribution in [0.25, 0.3) is 0 Å². The molecule has 28 heavy (non-hydrogen) atoms. The fourth-order valence-corrected chi connectivity index (χ4v) is 2.90. The molecule has 3 aromatic rings. The molecule has 0 spiro atoms. The highest BCUT2D eigenvalue weighted by atomic mass is 35.5. The van der Waals surface area contributed by atoms with E-state index in [4.69, 9.17) is 39.2 Å². The Bertz CT molecular complexity index is 1010. The van der Waals surface area contributed by atoms with Gasteiger partial charge in [-0.15, -0.1) is 0 Å². The van der Waals surface area contributed by atoms with Crippen LogP contribution >= 0.6 is 34.8 Å². The number of amides is 2. The second-order valence-corrected chi connectivity index (χ2v) is 6.88. The number of hydrogen-bond donors (Lipinski definition) is 3. The molecule has 3 rings (SSSR count). The smallest absolute Gasteiger partial charge is 0.291 e. The van der Waals surface area contributed by atoms with E-state index in [0.717, 1.165) is 0 Å². The van der Waals surface area contributed by atoms with Gasteiger partial charge < -0.3 is 20.4 Å². The monoisotopic (exact) mass is 437 g/mol. The Hall–Kier alpha value is -2.67. The molecule has 0 aliphatic heterocycles. The molecule has 0 atom stereocenters. The molecule has 0 saturated heterocycles. The lowest BCUT2D eigenvalue weighted by Crippen LogP contribution is -2.22. The molecule has 1 heterocycles. The van der Waals surface area contributed by atoms with E-state index in [1.54, 1.807) is 36.4 Å². The van der Waals surface area contributed by atoms with Gasteiger partial charge in [-0.3, -0.25) is 9.59 Å². The molecule has 0 radical (unpaired) electrons. The first-order chi connectivity index (χ1) is 13.4. The Kier molecular flexibility index (Phi) is 6.46. The summed E-state index contributed by atoms with van der Waals surface area (Å²) >= 11 is 17.9. The Morgan fingerprint density at radius 1 is 0.857 bits per heavy atom. The van der Waals surface area contributed by atoms with Crippen LogP contribution in [-0.4, -0.2) is 18.4 Å². The molecule has 0 bridgehead atoms. The molecular formula is C19H14Cl3N3O3. The third-order valence-corrected chi connectivity index (χ3v) is 4.64. The fourth-order valence-electron chi connectivity index (χ4n) is 2.30. The molecule has 0 fully saturated rings. The SMILES string of the molecule is O=C(CNc1cccc(NC(=O)c2ccco2)c1)Nc1cc(Cl)c(Cl)cc1Cl. The number of furan rings is 1. The zero-order valence-corrected chi connectivity index (χ0v) is 16.5. The molecule has 0 aliphatic carbocycles. The predicted octanol–water partition coefficient (Wildman–Crippen LogP) is 5.54. The minimum atomic E-state index is -0.367. The maximum atomic E-state index is 12.2. The summed E-state index contributed by atoms with van der Waals surface area (Å²) in [6, 6.07) is 13.1. The fraction of sp³-hybridized carbons (Fsp3) is 0.0526. The Morgan fingerprint density at radius 3 is 2.36 bits per heavy atom. The lowest BCUT2D eigenvalue weighted by Gasteiger charge is -2.11. The summed E-state index contributed by atoms with van der Waals surface area (Å²) in [4.78, 5) is 24.2. The van der Waals surface area contributed by atoms with Crippen LogP contribution in [0.3, 0.4) is 0 Å². The van der Waals surface area contributed by atoms with Crippen LogP contribution in [0.4, 0.5) is 17.1 Å². The zero-order valence-electron chi connectivity index (χ0n) is 14.3. The molecule has 2 amide bonds. The number of halogens is 3. The van der Waals surface area contributed by atoms with Crippen molar-refractivity contribution in [3.63, 3.8) is 0 Å². The molecule has 1 aromatic heterocycles. The highest BCUT2D eigenvalue weighted by Crippen LogP contribution is 2.32. The summed E-state index contributed by atoms with van der Waals surface area (Å²) in [5.41, 5.74) is 1.56. The van der Waals surface area contributed by atoms with E-state index in [9.17, 15) is 9.59 Å². The van der Waals surface area contributed by atoms with Crippen molar-refractivity contribution in [2.45, 2.75) is 0 Å². The van der Waals surface area contributed by atoms with Crippen LogP contribution in [-0.2, 0) is 4.79 Å². The largest absolute Gasteiger partial charge is 0.459 e. The van der Waals surface area contributed by atoms with E-state index in [2.05, 4.69) is 16.0 Å². The van der Waals surface area contributed by atoms with Crippen molar-refractivity contribution in [3.05, 3.63) is 75.6 Å². The van der Waals surface area contributed by atoms with E-state index in [1.807, 2.05) is 0 Å². The first-order valence-corrected chi connectivity index (χ1v) is 9.19. The van der Waals surface area contributed by atoms with Gasteiger partial charge in [0.1, 0.15) is 0 Å². The van der Waals surface area contributed by atoms with Crippen molar-refractivity contribution < 1.29 is 14.0 Å². The number of rotatable bonds is 6. The van der Waals surface area contributed by atoms with Gasteiger partial charge in [0, 0.05) is 11.4 Å². The van der Waals surface area contributed by atoms with Gasteiger partial charge in [0.25, 0.3) is 5.91 Å². The third kappa shape index (κ3) is 5.19. The quantitative estimate of drug-likeness (QED) is 0.441. The molecule has 3 N–H and O–H groups in total. The first-order valence-electron chi connectivity index (χ1n) is 8.05. The van der Waals surface area contributed by atoms with Crippen LogP contribution in [0.15, 0.2) is 59.2 Å². The average Bonchev–Trinajstić information content (AvgIpc) is 3.20. The van der Waals surface area contributed by atoms with E-state index in [-0.39, 0.29) is 34.2 Å². The molecule has 0 saturated carbocycles. The summed E-state index contributed by atoms with van der Waals surface area (Å²) in [6.07, 6.45) is 1.42. The first kappa shape index (κ1) is 20.1. The van der Waals surface area contributed by atoms with E-state index in [1.165, 1.54) is 18.4 Å². The van der Waals surface area contributed by atoms with Crippen molar-refractivity contribution in [2.75, 3.05) is 22.5 Å². The van der Waals surface area contributed by atoms with E-state index in [0.29, 0.717) is 22.1 Å². The molecule has 2 aromatic carbocycles. The number of carbonyl (C=O) groups excluding carboxylic acids is 2. The van der Waals surface area contributed by atoms with Gasteiger partial charge in [-0.05, 0) is 42.5 Å². The molecule has 6 nitrogen and oxygen atoms in total. The number of benzene rings is 2. The zero-order chi connectivity index (χ0) is 20.1. The van der Waals surface area contributed by atoms with Crippen LogP contribution in [0.2, 0.25) is 15.1 Å². The number of carbonyl (C=O) groups is 2. The third-order valence-electron chi connectivity index (χ3n) is 3.60. The van der Waals surface area contributed by atoms with Crippen molar-refractivity contribution in [1.82, 2.24) is 0 Å². The van der Waals surface area contributed by atoms with Crippen molar-refractivity contribution in [3.8, 4) is 0 Å². The average molecular weight is 439 g/mol. The Balaban J connectivity index is 1.58. The van der Waals surface area contributed by atoms with Gasteiger partial charge in [0.05, 0.1) is 33.6 Å². The van der Waals surface area contributed by atoms with Gasteiger partial charge in [-0.2, -0.15) is 0 Å². The number of nitrogens with one attached hydrogen (secondary N) is 3. The summed E-state index contributed by atoms with van der Waals surface area (Å²) in [5, 5.41) is 9.21. The summed E-state index contributed by atoms with van der Waals surface area (Å²) in [7, 11) is 0. The topological polar surface area (TPSA) is 83.4 Å². The summed E-state index contributed by atoms with van der Waals surface area (Å²) in [5.74, 6) is -0.490. The van der Waals surface area contributed by atoms with Crippen molar-refractivity contribution in [1.29, 1.82) is 0 Å². The lowest BCUT2D eigenvalue weighted by molar-refractivity contribution is -0.114. The van der Waals surface area contributed by atoms with E-state index >= 15 is 0 Å². The van der Waals surface area contributed by atoms with Gasteiger partial charge in [-0.25, -0.2) is 0 Å². The van der Waals surface area contributed by atoms with Crippen LogP contribution in [0.5, 0.6) is 0 Å². The standard InChI is InChI=1S/C19H14Cl3N3O3/c20-13-8-15(22)16(9-14(13)21)25-18(26)10-23-11-3-1-4-12(7-11)24-19(27)17-5-2-6-28-17/h1-9,23H,10H2,(H,24,27)(H,25,26). The van der Waals surface area contributed by atoms with Gasteiger partial charge in [0.15, 0.2) is 5.76 Å². The van der Waals surface area contributed by atoms with Gasteiger partial charge >= 0.3 is 0 Å². The van der Waals surface area contributed by atoms with Gasteiger partial charge in [0.2, 0.25) is 5.91 Å². The number of anilines is 3. The summed E-state index contributed by atoms with van der Waals surface area (Å²) < 4.78 is 5.05. The maximum Gasteiger partial charge on any atom is 0.291 e. The highest BCUT2D eigenvalue weighted by Gasteiger charge is 2.11. The van der Waals surface area contributed by atoms with Crippen LogP contribution in [0.1, 0.15) is 10.6 Å². The normalized spacial score (nSPS) is 10.4. The molecule has 9 heteroatoms. The van der Waals surface area contributed by atoms with E-state index < -0.39 is 0 Å². The minimum absolute atomic E-state index is 0.0217. The maximum absolute atomic E-state index is 12.2. The van der Waals surface area contributed by atoms with Crippen LogP contribution < -0.4 is 16.0 Å². The molecular weight excluding hydrogens is 425 g/mol. The highest BCUT2D eigenvalue weighted by molar-refractivity contribution is 6.44.